The predicted octanol–water partition coefficient (Wildman–Crippen LogP) is 3.21. The number of esters is 1. The average molecular weight is 307 g/mol. The average Bonchev–Trinajstić information content (AvgIpc) is 2.93. The lowest BCUT2D eigenvalue weighted by Crippen LogP contribution is -2.09. The maximum absolute atomic E-state index is 13.6. The monoisotopic (exact) mass is 307 g/mol. The van der Waals surface area contributed by atoms with Crippen molar-refractivity contribution < 1.29 is 35.9 Å². The first-order valence-electron chi connectivity index (χ1n) is 5.52. The third-order valence-corrected chi connectivity index (χ3v) is 2.47. The number of carbonyl (C=O) groups is 1. The van der Waals surface area contributed by atoms with Crippen molar-refractivity contribution in [3.63, 3.8) is 0 Å². The lowest BCUT2D eigenvalue weighted by molar-refractivity contribution is 0.0520. The van der Waals surface area contributed by atoms with E-state index in [9.17, 15) is 26.7 Å². The van der Waals surface area contributed by atoms with Crippen LogP contribution < -0.4 is 0 Å². The summed E-state index contributed by atoms with van der Waals surface area (Å²) in [6.07, 6.45) is 0.625. The second-order valence-electron chi connectivity index (χ2n) is 3.70. The number of aromatic nitrogens is 1. The Hall–Kier alpha value is -2.45. The molecule has 0 fully saturated rings. The minimum absolute atomic E-state index is 0.0811. The maximum Gasteiger partial charge on any atom is 0.360 e. The molecule has 0 saturated heterocycles. The molecule has 112 valence electrons. The molecule has 0 atom stereocenters. The summed E-state index contributed by atoms with van der Waals surface area (Å²) in [5, 5.41) is 0. The highest BCUT2D eigenvalue weighted by atomic mass is 19.2. The standard InChI is InChI=1S/C12H6F5NO3/c1-2-20-12(19)10-11(21-3-18-10)4-5(13)7(15)9(17)8(16)6(4)14/h3H,2H2,1H3. The van der Waals surface area contributed by atoms with Crippen molar-refractivity contribution in [2.24, 2.45) is 0 Å². The molecule has 4 nitrogen and oxygen atoms in total. The maximum atomic E-state index is 13.6. The Morgan fingerprint density at radius 2 is 1.62 bits per heavy atom. The SMILES string of the molecule is CCOC(=O)c1ncoc1-c1c(F)c(F)c(F)c(F)c1F. The molecule has 9 heteroatoms. The number of hydrogen-bond acceptors (Lipinski definition) is 4. The lowest BCUT2D eigenvalue weighted by atomic mass is 10.1. The van der Waals surface area contributed by atoms with Gasteiger partial charge in [-0.15, -0.1) is 0 Å². The van der Waals surface area contributed by atoms with E-state index >= 15 is 0 Å². The van der Waals surface area contributed by atoms with E-state index in [4.69, 9.17) is 0 Å². The van der Waals surface area contributed by atoms with E-state index in [1.807, 2.05) is 0 Å². The molecule has 0 spiro atoms. The zero-order valence-corrected chi connectivity index (χ0v) is 10.3. The first-order valence-corrected chi connectivity index (χ1v) is 5.52. The van der Waals surface area contributed by atoms with Crippen LogP contribution in [0, 0.1) is 29.1 Å². The van der Waals surface area contributed by atoms with Crippen LogP contribution in [0.25, 0.3) is 11.3 Å². The summed E-state index contributed by atoms with van der Waals surface area (Å²) in [5.74, 6) is -12.9. The van der Waals surface area contributed by atoms with Crippen LogP contribution in [-0.2, 0) is 4.74 Å². The van der Waals surface area contributed by atoms with Gasteiger partial charge in [0.1, 0.15) is 0 Å². The minimum atomic E-state index is -2.31. The van der Waals surface area contributed by atoms with Gasteiger partial charge in [0, 0.05) is 0 Å². The van der Waals surface area contributed by atoms with Crippen LogP contribution in [-0.4, -0.2) is 17.6 Å². The molecule has 1 aromatic heterocycles. The van der Waals surface area contributed by atoms with Gasteiger partial charge in [-0.05, 0) is 6.92 Å². The summed E-state index contributed by atoms with van der Waals surface area (Å²) in [7, 11) is 0. The molecule has 0 aliphatic carbocycles. The molecule has 0 saturated carbocycles. The van der Waals surface area contributed by atoms with Crippen molar-refractivity contribution in [2.75, 3.05) is 6.61 Å². The quantitative estimate of drug-likeness (QED) is 0.378. The van der Waals surface area contributed by atoms with Crippen LogP contribution in [0.4, 0.5) is 22.0 Å². The number of oxazole rings is 1. The Balaban J connectivity index is 2.70. The van der Waals surface area contributed by atoms with Crippen LogP contribution in [0.2, 0.25) is 0 Å². The van der Waals surface area contributed by atoms with Crippen LogP contribution in [0.15, 0.2) is 10.8 Å². The van der Waals surface area contributed by atoms with Crippen molar-refractivity contribution in [1.82, 2.24) is 4.98 Å². The van der Waals surface area contributed by atoms with E-state index in [0.717, 1.165) is 0 Å². The molecular weight excluding hydrogens is 301 g/mol. The highest BCUT2D eigenvalue weighted by Crippen LogP contribution is 2.33. The summed E-state index contributed by atoms with van der Waals surface area (Å²) >= 11 is 0. The van der Waals surface area contributed by atoms with Gasteiger partial charge >= 0.3 is 5.97 Å². The highest BCUT2D eigenvalue weighted by Gasteiger charge is 2.32. The Morgan fingerprint density at radius 1 is 1.10 bits per heavy atom. The number of hydrogen-bond donors (Lipinski definition) is 0. The first-order chi connectivity index (χ1) is 9.90. The fourth-order valence-electron chi connectivity index (χ4n) is 1.57. The number of halogens is 5. The van der Waals surface area contributed by atoms with Gasteiger partial charge in [-0.25, -0.2) is 31.7 Å². The van der Waals surface area contributed by atoms with Crippen molar-refractivity contribution in [3.05, 3.63) is 41.2 Å². The van der Waals surface area contributed by atoms with E-state index in [1.54, 1.807) is 0 Å². The summed E-state index contributed by atoms with van der Waals surface area (Å²) in [4.78, 5) is 14.9. The van der Waals surface area contributed by atoms with Crippen LogP contribution in [0.3, 0.4) is 0 Å². The molecule has 0 radical (unpaired) electrons. The van der Waals surface area contributed by atoms with E-state index in [0.29, 0.717) is 6.39 Å². The van der Waals surface area contributed by atoms with Gasteiger partial charge < -0.3 is 9.15 Å². The Labute approximate surface area is 114 Å². The molecule has 0 unspecified atom stereocenters. The fraction of sp³-hybridized carbons (Fsp3) is 0.167. The zero-order valence-electron chi connectivity index (χ0n) is 10.3. The summed E-state index contributed by atoms with van der Waals surface area (Å²) in [6.45, 7) is 1.37. The predicted molar refractivity (Wildman–Crippen MR) is 57.7 cm³/mol. The Kier molecular flexibility index (Phi) is 3.92. The molecule has 21 heavy (non-hydrogen) atoms. The first kappa shape index (κ1) is 14.9. The molecular formula is C12H6F5NO3. The molecule has 0 aliphatic heterocycles. The molecule has 1 aromatic carbocycles. The molecule has 0 aliphatic rings. The molecule has 0 bridgehead atoms. The van der Waals surface area contributed by atoms with Gasteiger partial charge in [0.05, 0.1) is 12.2 Å². The smallest absolute Gasteiger partial charge is 0.360 e. The number of rotatable bonds is 3. The van der Waals surface area contributed by atoms with E-state index in [1.165, 1.54) is 6.92 Å². The number of ether oxygens (including phenoxy) is 1. The topological polar surface area (TPSA) is 52.3 Å². The summed E-state index contributed by atoms with van der Waals surface area (Å²) < 4.78 is 75.6. The molecule has 0 N–H and O–H groups in total. The fourth-order valence-corrected chi connectivity index (χ4v) is 1.57. The lowest BCUT2D eigenvalue weighted by Gasteiger charge is -2.07. The van der Waals surface area contributed by atoms with Gasteiger partial charge in [0.2, 0.25) is 5.82 Å². The van der Waals surface area contributed by atoms with Gasteiger partial charge in [-0.1, -0.05) is 0 Å². The minimum Gasteiger partial charge on any atom is -0.461 e. The number of nitrogens with zero attached hydrogens (tertiary/aromatic N) is 1. The second-order valence-corrected chi connectivity index (χ2v) is 3.70. The Morgan fingerprint density at radius 3 is 2.14 bits per heavy atom. The van der Waals surface area contributed by atoms with Gasteiger partial charge in [0.25, 0.3) is 0 Å². The molecule has 2 rings (SSSR count). The van der Waals surface area contributed by atoms with Crippen molar-refractivity contribution >= 4 is 5.97 Å². The number of carbonyl (C=O) groups excluding carboxylic acids is 1. The van der Waals surface area contributed by atoms with Crippen LogP contribution in [0.1, 0.15) is 17.4 Å². The third kappa shape index (κ3) is 2.34. The second kappa shape index (κ2) is 5.51. The highest BCUT2D eigenvalue weighted by molar-refractivity contribution is 5.93. The number of benzene rings is 1. The van der Waals surface area contributed by atoms with Crippen molar-refractivity contribution in [2.45, 2.75) is 6.92 Å². The van der Waals surface area contributed by atoms with Crippen molar-refractivity contribution in [3.8, 4) is 11.3 Å². The van der Waals surface area contributed by atoms with Crippen LogP contribution in [0.5, 0.6) is 0 Å². The molecule has 2 aromatic rings. The van der Waals surface area contributed by atoms with E-state index < -0.39 is 52.1 Å². The van der Waals surface area contributed by atoms with Gasteiger partial charge in [0.15, 0.2) is 41.1 Å². The summed E-state index contributed by atoms with van der Waals surface area (Å²) in [5.41, 5.74) is -2.08. The Bertz CT molecular complexity index is 684. The largest absolute Gasteiger partial charge is 0.461 e. The van der Waals surface area contributed by atoms with Gasteiger partial charge in [-0.3, -0.25) is 0 Å². The summed E-state index contributed by atoms with van der Waals surface area (Å²) in [6, 6.07) is 0. The van der Waals surface area contributed by atoms with Gasteiger partial charge in [-0.2, -0.15) is 0 Å². The van der Waals surface area contributed by atoms with Crippen LogP contribution >= 0.6 is 0 Å². The molecule has 1 heterocycles. The zero-order chi connectivity index (χ0) is 15.7. The van der Waals surface area contributed by atoms with Crippen molar-refractivity contribution in [1.29, 1.82) is 0 Å². The van der Waals surface area contributed by atoms with E-state index in [-0.39, 0.29) is 6.61 Å². The normalized spacial score (nSPS) is 10.8. The van der Waals surface area contributed by atoms with E-state index in [2.05, 4.69) is 14.1 Å². The third-order valence-electron chi connectivity index (χ3n) is 2.47. The molecule has 0 amide bonds.